The fourth-order valence-electron chi connectivity index (χ4n) is 1.26. The van der Waals surface area contributed by atoms with E-state index in [1.807, 2.05) is 0 Å². The molecule has 8 heteroatoms. The van der Waals surface area contributed by atoms with Gasteiger partial charge in [-0.05, 0) is 12.5 Å². The van der Waals surface area contributed by atoms with Crippen molar-refractivity contribution >= 4 is 11.9 Å². The summed E-state index contributed by atoms with van der Waals surface area (Å²) < 4.78 is 0. The van der Waals surface area contributed by atoms with E-state index in [1.54, 1.807) is 6.92 Å². The Morgan fingerprint density at radius 3 is 1.67 bits per heavy atom. The maximum Gasteiger partial charge on any atom is 0.314 e. The second-order valence-corrected chi connectivity index (χ2v) is 4.23. The first kappa shape index (κ1) is 21.8. The molecule has 5 N–H and O–H groups in total. The highest BCUT2D eigenvalue weighted by molar-refractivity contribution is 5.86. The van der Waals surface area contributed by atoms with Gasteiger partial charge >= 0.3 is 5.97 Å². The first-order valence-electron chi connectivity index (χ1n) is 6.47. The minimum Gasteiger partial charge on any atom is -0.481 e. The summed E-state index contributed by atoms with van der Waals surface area (Å²) in [6, 6.07) is 0. The second-order valence-electron chi connectivity index (χ2n) is 4.23. The Hall–Kier alpha value is -1.48. The van der Waals surface area contributed by atoms with E-state index in [0.717, 1.165) is 6.08 Å². The number of nitrogens with zero attached hydrogens (tertiary/aromatic N) is 1. The van der Waals surface area contributed by atoms with Crippen molar-refractivity contribution in [3.05, 3.63) is 12.7 Å². The second kappa shape index (κ2) is 12.3. The number of aliphatic hydroxyl groups excluding tert-OH is 4. The zero-order chi connectivity index (χ0) is 16.9. The summed E-state index contributed by atoms with van der Waals surface area (Å²) >= 11 is 0. The number of carboxylic acid groups (broad SMARTS) is 1. The number of carbonyl (C=O) groups is 2. The van der Waals surface area contributed by atoms with E-state index in [0.29, 0.717) is 0 Å². The lowest BCUT2D eigenvalue weighted by molar-refractivity contribution is -0.154. The van der Waals surface area contributed by atoms with E-state index in [2.05, 4.69) is 6.58 Å². The van der Waals surface area contributed by atoms with Crippen molar-refractivity contribution in [1.29, 1.82) is 0 Å². The summed E-state index contributed by atoms with van der Waals surface area (Å²) in [6.07, 6.45) is 1.39. The molecule has 124 valence electrons. The van der Waals surface area contributed by atoms with Gasteiger partial charge in [-0.1, -0.05) is 13.5 Å². The zero-order valence-electron chi connectivity index (χ0n) is 12.2. The minimum absolute atomic E-state index is 0.0976. The third kappa shape index (κ3) is 7.76. The van der Waals surface area contributed by atoms with Crippen LogP contribution in [-0.4, -0.2) is 81.8 Å². The number of aliphatic hydroxyl groups is 4. The summed E-state index contributed by atoms with van der Waals surface area (Å²) in [6.45, 7) is 4.15. The van der Waals surface area contributed by atoms with E-state index in [4.69, 9.17) is 25.5 Å². The summed E-state index contributed by atoms with van der Waals surface area (Å²) in [5.41, 5.74) is -1.35. The van der Waals surface area contributed by atoms with E-state index >= 15 is 0 Å². The van der Waals surface area contributed by atoms with Crippen LogP contribution >= 0.6 is 0 Å². The van der Waals surface area contributed by atoms with Gasteiger partial charge in [0.15, 0.2) is 0 Å². The fraction of sp³-hybridized carbons (Fsp3) is 0.692. The molecule has 0 spiro atoms. The maximum atomic E-state index is 10.9. The van der Waals surface area contributed by atoms with Gasteiger partial charge in [0.25, 0.3) is 0 Å². The number of hydrogen-bond donors (Lipinski definition) is 5. The first-order valence-corrected chi connectivity index (χ1v) is 6.47. The molecular weight excluding hydrogens is 282 g/mol. The van der Waals surface area contributed by atoms with Crippen molar-refractivity contribution < 1.29 is 35.1 Å². The van der Waals surface area contributed by atoms with Crippen LogP contribution in [0.5, 0.6) is 0 Å². The smallest absolute Gasteiger partial charge is 0.314 e. The van der Waals surface area contributed by atoms with Crippen molar-refractivity contribution in [1.82, 2.24) is 4.90 Å². The van der Waals surface area contributed by atoms with Crippen LogP contribution in [0.2, 0.25) is 0 Å². The van der Waals surface area contributed by atoms with Crippen LogP contribution in [0.1, 0.15) is 13.3 Å². The lowest BCUT2D eigenvalue weighted by atomic mass is 9.87. The van der Waals surface area contributed by atoms with Gasteiger partial charge in [-0.25, -0.2) is 0 Å². The van der Waals surface area contributed by atoms with Crippen LogP contribution in [0.15, 0.2) is 12.7 Å². The fourth-order valence-corrected chi connectivity index (χ4v) is 1.26. The number of carbonyl (C=O) groups excluding carboxylic acids is 1. The van der Waals surface area contributed by atoms with Crippen LogP contribution in [0, 0.1) is 5.41 Å². The summed E-state index contributed by atoms with van der Waals surface area (Å²) in [7, 11) is 0. The molecule has 0 aliphatic rings. The van der Waals surface area contributed by atoms with Crippen LogP contribution < -0.4 is 0 Å². The van der Waals surface area contributed by atoms with Crippen LogP contribution in [0.3, 0.4) is 0 Å². The van der Waals surface area contributed by atoms with Crippen molar-refractivity contribution in [3.8, 4) is 0 Å². The van der Waals surface area contributed by atoms with Crippen molar-refractivity contribution in [2.45, 2.75) is 13.3 Å². The van der Waals surface area contributed by atoms with Crippen LogP contribution in [-0.2, 0) is 9.59 Å². The van der Waals surface area contributed by atoms with Gasteiger partial charge in [0, 0.05) is 13.1 Å². The van der Waals surface area contributed by atoms with Gasteiger partial charge in [-0.15, -0.1) is 0 Å². The molecule has 0 atom stereocenters. The lowest BCUT2D eigenvalue weighted by Crippen LogP contribution is -2.37. The topological polar surface area (TPSA) is 139 Å². The monoisotopic (exact) mass is 307 g/mol. The van der Waals surface area contributed by atoms with Crippen molar-refractivity contribution in [3.63, 3.8) is 0 Å². The Morgan fingerprint density at radius 1 is 1.10 bits per heavy atom. The molecule has 0 aromatic rings. The molecule has 8 nitrogen and oxygen atoms in total. The van der Waals surface area contributed by atoms with E-state index in [9.17, 15) is 9.59 Å². The predicted molar refractivity (Wildman–Crippen MR) is 75.5 cm³/mol. The van der Waals surface area contributed by atoms with Gasteiger partial charge in [-0.3, -0.25) is 9.59 Å². The summed E-state index contributed by atoms with van der Waals surface area (Å²) in [4.78, 5) is 22.6. The molecule has 0 fully saturated rings. The normalized spacial score (nSPS) is 10.3. The van der Waals surface area contributed by atoms with E-state index in [1.165, 1.54) is 4.90 Å². The van der Waals surface area contributed by atoms with Crippen molar-refractivity contribution in [2.75, 3.05) is 39.5 Å². The maximum absolute atomic E-state index is 10.9. The molecule has 0 saturated carbocycles. The molecule has 0 aliphatic heterocycles. The Morgan fingerprint density at radius 2 is 1.52 bits per heavy atom. The number of hydrogen-bond acceptors (Lipinski definition) is 6. The molecule has 0 unspecified atom stereocenters. The highest BCUT2D eigenvalue weighted by atomic mass is 16.4. The third-order valence-corrected chi connectivity index (χ3v) is 2.96. The number of aliphatic carboxylic acids is 1. The minimum atomic E-state index is -1.35. The molecular formula is C13H25NO7. The number of rotatable bonds is 9. The molecule has 0 aromatic carbocycles. The Labute approximate surface area is 123 Å². The standard InChI is InChI=1S/C7H13NO3.C6H12O4/c1-2-7(11)8(3-5-9)4-6-10;1-2-6(3-7,4-8)5(9)10/h2,9-10H,1,3-6H2;7-8H,2-4H2,1H3,(H,9,10). The number of carboxylic acids is 1. The molecule has 0 aliphatic carbocycles. The van der Waals surface area contributed by atoms with E-state index < -0.39 is 24.6 Å². The van der Waals surface area contributed by atoms with Gasteiger partial charge < -0.3 is 30.4 Å². The predicted octanol–water partition coefficient (Wildman–Crippen LogP) is -1.56. The molecule has 1 amide bonds. The summed E-state index contributed by atoms with van der Waals surface area (Å²) in [5, 5.41) is 42.7. The zero-order valence-corrected chi connectivity index (χ0v) is 12.2. The van der Waals surface area contributed by atoms with Crippen molar-refractivity contribution in [2.24, 2.45) is 5.41 Å². The molecule has 0 heterocycles. The molecule has 21 heavy (non-hydrogen) atoms. The third-order valence-electron chi connectivity index (χ3n) is 2.96. The summed E-state index contributed by atoms with van der Waals surface area (Å²) in [5.74, 6) is -1.42. The highest BCUT2D eigenvalue weighted by Gasteiger charge is 2.35. The molecule has 0 saturated heterocycles. The van der Waals surface area contributed by atoms with Crippen LogP contribution in [0.4, 0.5) is 0 Å². The molecule has 0 rings (SSSR count). The molecule has 0 radical (unpaired) electrons. The average Bonchev–Trinajstić information content (AvgIpc) is 2.49. The quantitative estimate of drug-likeness (QED) is 0.325. The SMILES string of the molecule is C=CC(=O)N(CCO)CCO.CCC(CO)(CO)C(=O)O. The Bertz CT molecular complexity index is 301. The Kier molecular flexibility index (Phi) is 12.7. The van der Waals surface area contributed by atoms with Gasteiger partial charge in [-0.2, -0.15) is 0 Å². The van der Waals surface area contributed by atoms with Crippen LogP contribution in [0.25, 0.3) is 0 Å². The van der Waals surface area contributed by atoms with E-state index in [-0.39, 0.29) is 38.6 Å². The molecule has 0 aromatic heterocycles. The largest absolute Gasteiger partial charge is 0.481 e. The highest BCUT2D eigenvalue weighted by Crippen LogP contribution is 2.19. The van der Waals surface area contributed by atoms with Gasteiger partial charge in [0.2, 0.25) is 5.91 Å². The number of amides is 1. The lowest BCUT2D eigenvalue weighted by Gasteiger charge is -2.21. The average molecular weight is 307 g/mol. The van der Waals surface area contributed by atoms with Gasteiger partial charge in [0.1, 0.15) is 5.41 Å². The molecule has 0 bridgehead atoms. The first-order chi connectivity index (χ1) is 9.88. The Balaban J connectivity index is 0. The van der Waals surface area contributed by atoms with Gasteiger partial charge in [0.05, 0.1) is 26.4 Å².